The molecule has 0 heterocycles. The summed E-state index contributed by atoms with van der Waals surface area (Å²) in [6.07, 6.45) is 0.919. The maximum absolute atomic E-state index is 11.7. The van der Waals surface area contributed by atoms with Crippen LogP contribution in [0.2, 0.25) is 0 Å². The zero-order valence-electron chi connectivity index (χ0n) is 9.82. The quantitative estimate of drug-likeness (QED) is 0.641. The van der Waals surface area contributed by atoms with Crippen molar-refractivity contribution in [2.75, 3.05) is 26.8 Å². The zero-order valence-corrected chi connectivity index (χ0v) is 9.82. The van der Waals surface area contributed by atoms with Gasteiger partial charge in [-0.15, -0.1) is 0 Å². The van der Waals surface area contributed by atoms with E-state index in [0.29, 0.717) is 38.5 Å². The lowest BCUT2D eigenvalue weighted by atomic mass is 10.1. The lowest BCUT2D eigenvalue weighted by molar-refractivity contribution is -0.132. The Kier molecular flexibility index (Phi) is 7.65. The fourth-order valence-electron chi connectivity index (χ4n) is 1.23. The van der Waals surface area contributed by atoms with Crippen LogP contribution in [0.15, 0.2) is 0 Å². The number of ether oxygens (including phenoxy) is 1. The number of hydrogen-bond acceptors (Lipinski definition) is 3. The number of nitriles is 1. The van der Waals surface area contributed by atoms with Gasteiger partial charge in [0.05, 0.1) is 19.1 Å². The molecule has 4 heteroatoms. The lowest BCUT2D eigenvalue weighted by Gasteiger charge is -2.22. The molecule has 0 saturated carbocycles. The summed E-state index contributed by atoms with van der Waals surface area (Å²) >= 11 is 0. The fraction of sp³-hybridized carbons (Fsp3) is 0.818. The minimum atomic E-state index is 0.109. The van der Waals surface area contributed by atoms with Gasteiger partial charge in [-0.3, -0.25) is 4.79 Å². The molecule has 0 bridgehead atoms. The Balaban J connectivity index is 4.08. The van der Waals surface area contributed by atoms with Gasteiger partial charge in [0.1, 0.15) is 0 Å². The standard InChI is InChI=1S/C11H20N2O2/c1-10(2)9-11(14)13(6-4-5-12)7-8-15-3/h10H,4,6-9H2,1-3H3. The van der Waals surface area contributed by atoms with Crippen LogP contribution in [0.3, 0.4) is 0 Å². The highest BCUT2D eigenvalue weighted by Crippen LogP contribution is 2.04. The van der Waals surface area contributed by atoms with Crippen molar-refractivity contribution < 1.29 is 9.53 Å². The number of rotatable bonds is 7. The molecule has 0 fully saturated rings. The maximum atomic E-state index is 11.7. The van der Waals surface area contributed by atoms with Crippen LogP contribution in [0.5, 0.6) is 0 Å². The number of methoxy groups -OCH3 is 1. The van der Waals surface area contributed by atoms with Gasteiger partial charge in [-0.25, -0.2) is 0 Å². The molecule has 0 spiro atoms. The Morgan fingerprint density at radius 2 is 2.13 bits per heavy atom. The van der Waals surface area contributed by atoms with E-state index < -0.39 is 0 Å². The Morgan fingerprint density at radius 3 is 2.60 bits per heavy atom. The number of amides is 1. The number of hydrogen-bond donors (Lipinski definition) is 0. The van der Waals surface area contributed by atoms with Crippen molar-refractivity contribution in [2.45, 2.75) is 26.7 Å². The first-order valence-electron chi connectivity index (χ1n) is 5.25. The molecule has 86 valence electrons. The van der Waals surface area contributed by atoms with Gasteiger partial charge in [0.15, 0.2) is 0 Å². The largest absolute Gasteiger partial charge is 0.383 e. The van der Waals surface area contributed by atoms with Gasteiger partial charge in [0, 0.05) is 26.6 Å². The topological polar surface area (TPSA) is 53.3 Å². The van der Waals surface area contributed by atoms with Crippen LogP contribution in [0.4, 0.5) is 0 Å². The van der Waals surface area contributed by atoms with Crippen molar-refractivity contribution in [3.05, 3.63) is 0 Å². The van der Waals surface area contributed by atoms with E-state index in [2.05, 4.69) is 0 Å². The van der Waals surface area contributed by atoms with E-state index in [1.54, 1.807) is 12.0 Å². The van der Waals surface area contributed by atoms with E-state index in [-0.39, 0.29) is 5.91 Å². The molecule has 0 aliphatic carbocycles. The summed E-state index contributed by atoms with van der Waals surface area (Å²) in [6, 6.07) is 2.05. The van der Waals surface area contributed by atoms with Crippen molar-refractivity contribution in [3.8, 4) is 6.07 Å². The molecule has 0 aliphatic rings. The first-order chi connectivity index (χ1) is 7.11. The van der Waals surface area contributed by atoms with E-state index in [0.717, 1.165) is 0 Å². The van der Waals surface area contributed by atoms with Crippen LogP contribution < -0.4 is 0 Å². The molecule has 0 atom stereocenters. The second-order valence-electron chi connectivity index (χ2n) is 3.88. The average molecular weight is 212 g/mol. The number of carbonyl (C=O) groups is 1. The van der Waals surface area contributed by atoms with Crippen LogP contribution in [-0.2, 0) is 9.53 Å². The number of carbonyl (C=O) groups excluding carboxylic acids is 1. The molecule has 0 aromatic carbocycles. The van der Waals surface area contributed by atoms with Gasteiger partial charge >= 0.3 is 0 Å². The molecular formula is C11H20N2O2. The van der Waals surface area contributed by atoms with E-state index in [1.165, 1.54) is 0 Å². The van der Waals surface area contributed by atoms with Crippen LogP contribution in [0.1, 0.15) is 26.7 Å². The molecule has 4 nitrogen and oxygen atoms in total. The summed E-state index contributed by atoms with van der Waals surface area (Å²) in [5.41, 5.74) is 0. The molecule has 0 rings (SSSR count). The van der Waals surface area contributed by atoms with Gasteiger partial charge in [0.2, 0.25) is 5.91 Å². The SMILES string of the molecule is COCCN(CCC#N)C(=O)CC(C)C. The van der Waals surface area contributed by atoms with Gasteiger partial charge < -0.3 is 9.64 Å². The second-order valence-corrected chi connectivity index (χ2v) is 3.88. The first kappa shape index (κ1) is 13.9. The summed E-state index contributed by atoms with van der Waals surface area (Å²) in [5, 5.41) is 8.49. The van der Waals surface area contributed by atoms with Crippen LogP contribution in [-0.4, -0.2) is 37.6 Å². The minimum Gasteiger partial charge on any atom is -0.383 e. The highest BCUT2D eigenvalue weighted by molar-refractivity contribution is 5.76. The second kappa shape index (κ2) is 8.25. The molecule has 0 N–H and O–H groups in total. The van der Waals surface area contributed by atoms with Crippen molar-refractivity contribution in [1.82, 2.24) is 4.90 Å². The molecule has 1 amide bonds. The van der Waals surface area contributed by atoms with E-state index in [1.807, 2.05) is 19.9 Å². The first-order valence-corrected chi connectivity index (χ1v) is 5.25. The predicted octanol–water partition coefficient (Wildman–Crippen LogP) is 1.42. The van der Waals surface area contributed by atoms with Crippen molar-refractivity contribution in [3.63, 3.8) is 0 Å². The van der Waals surface area contributed by atoms with Gasteiger partial charge in [-0.1, -0.05) is 13.8 Å². The van der Waals surface area contributed by atoms with Crippen LogP contribution >= 0.6 is 0 Å². The highest BCUT2D eigenvalue weighted by atomic mass is 16.5. The Morgan fingerprint density at radius 1 is 1.47 bits per heavy atom. The Hall–Kier alpha value is -1.08. The molecule has 0 aliphatic heterocycles. The van der Waals surface area contributed by atoms with Crippen LogP contribution in [0.25, 0.3) is 0 Å². The van der Waals surface area contributed by atoms with Gasteiger partial charge in [-0.05, 0) is 5.92 Å². The third-order valence-electron chi connectivity index (χ3n) is 1.99. The summed E-state index contributed by atoms with van der Waals surface area (Å²) < 4.78 is 4.93. The summed E-state index contributed by atoms with van der Waals surface area (Å²) in [6.45, 7) is 5.62. The monoisotopic (exact) mass is 212 g/mol. The third-order valence-corrected chi connectivity index (χ3v) is 1.99. The Labute approximate surface area is 91.8 Å². The summed E-state index contributed by atoms with van der Waals surface area (Å²) in [5.74, 6) is 0.460. The summed E-state index contributed by atoms with van der Waals surface area (Å²) in [7, 11) is 1.61. The van der Waals surface area contributed by atoms with E-state index in [9.17, 15) is 4.79 Å². The molecular weight excluding hydrogens is 192 g/mol. The highest BCUT2D eigenvalue weighted by Gasteiger charge is 2.13. The van der Waals surface area contributed by atoms with Crippen molar-refractivity contribution >= 4 is 5.91 Å². The molecule has 0 aromatic heterocycles. The lowest BCUT2D eigenvalue weighted by Crippen LogP contribution is -2.35. The van der Waals surface area contributed by atoms with Crippen molar-refractivity contribution in [2.24, 2.45) is 5.92 Å². The Bertz CT molecular complexity index is 221. The van der Waals surface area contributed by atoms with Crippen molar-refractivity contribution in [1.29, 1.82) is 5.26 Å². The zero-order chi connectivity index (χ0) is 11.7. The fourth-order valence-corrected chi connectivity index (χ4v) is 1.23. The molecule has 0 saturated heterocycles. The summed E-state index contributed by atoms with van der Waals surface area (Å²) in [4.78, 5) is 13.4. The third kappa shape index (κ3) is 6.92. The average Bonchev–Trinajstić information content (AvgIpc) is 2.17. The van der Waals surface area contributed by atoms with Crippen LogP contribution in [0, 0.1) is 17.2 Å². The van der Waals surface area contributed by atoms with Gasteiger partial charge in [-0.2, -0.15) is 5.26 Å². The molecule has 0 radical (unpaired) electrons. The normalized spacial score (nSPS) is 10.1. The minimum absolute atomic E-state index is 0.109. The van der Waals surface area contributed by atoms with E-state index in [4.69, 9.17) is 10.00 Å². The predicted molar refractivity (Wildman–Crippen MR) is 58.1 cm³/mol. The van der Waals surface area contributed by atoms with E-state index >= 15 is 0 Å². The molecule has 0 unspecified atom stereocenters. The van der Waals surface area contributed by atoms with Gasteiger partial charge in [0.25, 0.3) is 0 Å². The number of nitrogens with zero attached hydrogens (tertiary/aromatic N) is 2. The molecule has 15 heavy (non-hydrogen) atoms. The smallest absolute Gasteiger partial charge is 0.222 e. The molecule has 0 aromatic rings. The maximum Gasteiger partial charge on any atom is 0.222 e.